The molecule has 0 spiro atoms. The van der Waals surface area contributed by atoms with E-state index in [9.17, 15) is 0 Å². The van der Waals surface area contributed by atoms with Crippen molar-refractivity contribution < 1.29 is 0 Å². The van der Waals surface area contributed by atoms with E-state index in [0.717, 1.165) is 29.4 Å². The van der Waals surface area contributed by atoms with Crippen molar-refractivity contribution in [3.05, 3.63) is 0 Å². The normalized spacial score (nSPS) is 42.0. The minimum Gasteiger partial charge on any atom is -0.314 e. The van der Waals surface area contributed by atoms with Crippen molar-refractivity contribution >= 4 is 11.8 Å². The van der Waals surface area contributed by atoms with Crippen LogP contribution in [0.2, 0.25) is 0 Å². The van der Waals surface area contributed by atoms with Crippen LogP contribution in [0.5, 0.6) is 0 Å². The van der Waals surface area contributed by atoms with E-state index in [4.69, 9.17) is 0 Å². The van der Waals surface area contributed by atoms with Crippen molar-refractivity contribution in [3.63, 3.8) is 0 Å². The van der Waals surface area contributed by atoms with Crippen molar-refractivity contribution in [1.82, 2.24) is 10.2 Å². The topological polar surface area (TPSA) is 15.3 Å². The van der Waals surface area contributed by atoms with Crippen LogP contribution in [-0.2, 0) is 0 Å². The molecule has 2 atom stereocenters. The van der Waals surface area contributed by atoms with Crippen LogP contribution in [-0.4, -0.2) is 47.1 Å². The molecule has 3 heteroatoms. The van der Waals surface area contributed by atoms with Crippen LogP contribution in [0.4, 0.5) is 0 Å². The lowest BCUT2D eigenvalue weighted by Crippen LogP contribution is -2.53. The summed E-state index contributed by atoms with van der Waals surface area (Å²) in [5.74, 6) is 0. The first-order chi connectivity index (χ1) is 9.81. The Kier molecular flexibility index (Phi) is 5.33. The van der Waals surface area contributed by atoms with Crippen molar-refractivity contribution in [2.75, 3.05) is 12.8 Å². The molecular formula is C17H32N2S. The number of thioether (sulfide) groups is 1. The molecule has 0 aromatic heterocycles. The first kappa shape index (κ1) is 15.2. The molecule has 0 amide bonds. The molecule has 2 saturated heterocycles. The molecule has 20 heavy (non-hydrogen) atoms. The standard InChI is InChI=1S/C17H32N2S/c1-3-10-18-13-11-15-4-5-16(12-13)19(15)14-6-8-17(20-2)9-7-14/h13-18H,3-12H2,1-2H3. The average molecular weight is 297 g/mol. The predicted octanol–water partition coefficient (Wildman–Crippen LogP) is 3.66. The third-order valence-corrected chi connectivity index (χ3v) is 7.01. The van der Waals surface area contributed by atoms with Gasteiger partial charge >= 0.3 is 0 Å². The van der Waals surface area contributed by atoms with E-state index in [-0.39, 0.29) is 0 Å². The van der Waals surface area contributed by atoms with Crippen molar-refractivity contribution in [1.29, 1.82) is 0 Å². The summed E-state index contributed by atoms with van der Waals surface area (Å²) < 4.78 is 0. The number of fused-ring (bicyclic) bond motifs is 2. The van der Waals surface area contributed by atoms with Gasteiger partial charge in [0.15, 0.2) is 0 Å². The highest BCUT2D eigenvalue weighted by Gasteiger charge is 2.44. The van der Waals surface area contributed by atoms with Crippen molar-refractivity contribution in [3.8, 4) is 0 Å². The molecule has 2 heterocycles. The van der Waals surface area contributed by atoms with Gasteiger partial charge in [0.25, 0.3) is 0 Å². The molecule has 116 valence electrons. The predicted molar refractivity (Wildman–Crippen MR) is 89.5 cm³/mol. The lowest BCUT2D eigenvalue weighted by molar-refractivity contribution is 0.0524. The Hall–Kier alpha value is 0.270. The second-order valence-electron chi connectivity index (χ2n) is 7.12. The van der Waals surface area contributed by atoms with Gasteiger partial charge in [-0.2, -0.15) is 11.8 Å². The Balaban J connectivity index is 1.54. The molecule has 0 aromatic carbocycles. The Morgan fingerprint density at radius 2 is 1.55 bits per heavy atom. The second kappa shape index (κ2) is 7.02. The summed E-state index contributed by atoms with van der Waals surface area (Å²) in [6, 6.07) is 3.53. The summed E-state index contributed by atoms with van der Waals surface area (Å²) in [4.78, 5) is 2.97. The van der Waals surface area contributed by atoms with Crippen molar-refractivity contribution in [2.24, 2.45) is 0 Å². The molecule has 2 nitrogen and oxygen atoms in total. The summed E-state index contributed by atoms with van der Waals surface area (Å²) in [5.41, 5.74) is 0. The van der Waals surface area contributed by atoms with Crippen molar-refractivity contribution in [2.45, 2.75) is 94.1 Å². The fourth-order valence-corrected chi connectivity index (χ4v) is 5.65. The first-order valence-corrected chi connectivity index (χ1v) is 10.1. The van der Waals surface area contributed by atoms with E-state index >= 15 is 0 Å². The summed E-state index contributed by atoms with van der Waals surface area (Å²) in [5, 5.41) is 4.73. The lowest BCUT2D eigenvalue weighted by Gasteiger charge is -2.46. The Morgan fingerprint density at radius 1 is 0.950 bits per heavy atom. The summed E-state index contributed by atoms with van der Waals surface area (Å²) in [6.45, 7) is 3.49. The van der Waals surface area contributed by atoms with Crippen LogP contribution in [0.25, 0.3) is 0 Å². The van der Waals surface area contributed by atoms with Crippen LogP contribution in [0, 0.1) is 0 Å². The SMILES string of the molecule is CCCNC1CC2CCC(C1)N2C1CCC(SC)CC1. The van der Waals surface area contributed by atoms with Gasteiger partial charge in [-0.15, -0.1) is 0 Å². The highest BCUT2D eigenvalue weighted by molar-refractivity contribution is 7.99. The Bertz CT molecular complexity index is 287. The summed E-state index contributed by atoms with van der Waals surface area (Å²) >= 11 is 2.09. The fourth-order valence-electron chi connectivity index (χ4n) is 4.90. The average Bonchev–Trinajstić information content (AvgIpc) is 2.76. The molecule has 3 fully saturated rings. The van der Waals surface area contributed by atoms with Gasteiger partial charge in [0.1, 0.15) is 0 Å². The largest absolute Gasteiger partial charge is 0.314 e. The van der Waals surface area contributed by atoms with Crippen LogP contribution >= 0.6 is 11.8 Å². The molecule has 2 aliphatic heterocycles. The summed E-state index contributed by atoms with van der Waals surface area (Å²) in [6.07, 6.45) is 15.2. The minimum atomic E-state index is 0.811. The molecule has 2 bridgehead atoms. The van der Waals surface area contributed by atoms with E-state index in [1.54, 1.807) is 0 Å². The van der Waals surface area contributed by atoms with E-state index < -0.39 is 0 Å². The Labute approximate surface area is 129 Å². The van der Waals surface area contributed by atoms with E-state index in [1.165, 1.54) is 64.3 Å². The van der Waals surface area contributed by atoms with Crippen LogP contribution < -0.4 is 5.32 Å². The molecule has 1 saturated carbocycles. The van der Waals surface area contributed by atoms with E-state index in [1.807, 2.05) is 0 Å². The monoisotopic (exact) mass is 296 g/mol. The number of hydrogen-bond donors (Lipinski definition) is 1. The van der Waals surface area contributed by atoms with Crippen LogP contribution in [0.1, 0.15) is 64.7 Å². The lowest BCUT2D eigenvalue weighted by atomic mass is 9.88. The van der Waals surface area contributed by atoms with Gasteiger partial charge < -0.3 is 5.32 Å². The number of nitrogens with zero attached hydrogens (tertiary/aromatic N) is 1. The minimum absolute atomic E-state index is 0.811. The van der Waals surface area contributed by atoms with Gasteiger partial charge in [-0.25, -0.2) is 0 Å². The maximum Gasteiger partial charge on any atom is 0.0116 e. The van der Waals surface area contributed by atoms with Gasteiger partial charge in [0, 0.05) is 29.4 Å². The quantitative estimate of drug-likeness (QED) is 0.833. The smallest absolute Gasteiger partial charge is 0.0116 e. The zero-order valence-corrected chi connectivity index (χ0v) is 14.1. The number of nitrogens with one attached hydrogen (secondary N) is 1. The molecule has 1 aliphatic carbocycles. The van der Waals surface area contributed by atoms with E-state index in [2.05, 4.69) is 35.2 Å². The second-order valence-corrected chi connectivity index (χ2v) is 8.26. The van der Waals surface area contributed by atoms with Gasteiger partial charge in [-0.3, -0.25) is 4.90 Å². The Morgan fingerprint density at radius 3 is 2.10 bits per heavy atom. The highest BCUT2D eigenvalue weighted by Crippen LogP contribution is 2.41. The molecule has 0 radical (unpaired) electrons. The van der Waals surface area contributed by atoms with Gasteiger partial charge in [0.05, 0.1) is 0 Å². The first-order valence-electron chi connectivity index (χ1n) is 8.85. The molecule has 1 N–H and O–H groups in total. The molecule has 3 rings (SSSR count). The summed E-state index contributed by atoms with van der Waals surface area (Å²) in [7, 11) is 0. The van der Waals surface area contributed by atoms with Gasteiger partial charge in [0.2, 0.25) is 0 Å². The number of rotatable bonds is 5. The molecule has 3 aliphatic rings. The molecule has 2 unspecified atom stereocenters. The highest BCUT2D eigenvalue weighted by atomic mass is 32.2. The number of hydrogen-bond acceptors (Lipinski definition) is 3. The zero-order chi connectivity index (χ0) is 13.9. The third kappa shape index (κ3) is 3.20. The molecular weight excluding hydrogens is 264 g/mol. The van der Waals surface area contributed by atoms with E-state index in [0.29, 0.717) is 0 Å². The maximum absolute atomic E-state index is 3.78. The number of piperidine rings is 1. The zero-order valence-electron chi connectivity index (χ0n) is 13.3. The third-order valence-electron chi connectivity index (χ3n) is 5.87. The maximum atomic E-state index is 3.78. The van der Waals surface area contributed by atoms with Gasteiger partial charge in [-0.1, -0.05) is 6.92 Å². The fraction of sp³-hybridized carbons (Fsp3) is 1.00. The van der Waals surface area contributed by atoms with Crippen LogP contribution in [0.15, 0.2) is 0 Å². The van der Waals surface area contributed by atoms with Crippen LogP contribution in [0.3, 0.4) is 0 Å². The molecule has 0 aromatic rings. The van der Waals surface area contributed by atoms with Gasteiger partial charge in [-0.05, 0) is 70.6 Å².